The summed E-state index contributed by atoms with van der Waals surface area (Å²) in [5.41, 5.74) is 6.03. The summed E-state index contributed by atoms with van der Waals surface area (Å²) in [4.78, 5) is 2.14. The van der Waals surface area contributed by atoms with Gasteiger partial charge in [-0.3, -0.25) is 0 Å². The fourth-order valence-electron chi connectivity index (χ4n) is 1.23. The van der Waals surface area contributed by atoms with E-state index in [-0.39, 0.29) is 5.75 Å². The van der Waals surface area contributed by atoms with Gasteiger partial charge >= 0.3 is 0 Å². The minimum Gasteiger partial charge on any atom is -0.506 e. The summed E-state index contributed by atoms with van der Waals surface area (Å²) in [6.07, 6.45) is 0. The molecular formula is C12H10BrNOS. The van der Waals surface area contributed by atoms with E-state index >= 15 is 0 Å². The number of aromatic hydroxyl groups is 1. The lowest BCUT2D eigenvalue weighted by atomic mass is 10.3. The molecule has 2 nitrogen and oxygen atoms in total. The van der Waals surface area contributed by atoms with Crippen LogP contribution >= 0.6 is 27.7 Å². The van der Waals surface area contributed by atoms with Gasteiger partial charge in [0.25, 0.3) is 0 Å². The SMILES string of the molecule is Nc1cc(Sc2ccc(Br)cc2)ccc1O. The van der Waals surface area contributed by atoms with Crippen LogP contribution in [0.15, 0.2) is 56.7 Å². The zero-order chi connectivity index (χ0) is 11.5. The van der Waals surface area contributed by atoms with Crippen LogP contribution in [0.5, 0.6) is 5.75 Å². The number of benzene rings is 2. The van der Waals surface area contributed by atoms with Crippen molar-refractivity contribution in [3.05, 3.63) is 46.9 Å². The molecule has 0 radical (unpaired) electrons. The third-order valence-corrected chi connectivity index (χ3v) is 3.57. The smallest absolute Gasteiger partial charge is 0.138 e. The summed E-state index contributed by atoms with van der Waals surface area (Å²) in [6, 6.07) is 13.3. The van der Waals surface area contributed by atoms with Gasteiger partial charge in [0, 0.05) is 14.3 Å². The highest BCUT2D eigenvalue weighted by atomic mass is 79.9. The molecule has 3 N–H and O–H groups in total. The Morgan fingerprint density at radius 1 is 1.00 bits per heavy atom. The number of nitrogens with two attached hydrogens (primary N) is 1. The maximum absolute atomic E-state index is 9.31. The number of phenolic OH excluding ortho intramolecular Hbond substituents is 1. The molecule has 0 aliphatic rings. The quantitative estimate of drug-likeness (QED) is 0.653. The lowest BCUT2D eigenvalue weighted by Gasteiger charge is -2.04. The first-order valence-corrected chi connectivity index (χ1v) is 6.28. The van der Waals surface area contributed by atoms with E-state index in [0.29, 0.717) is 5.69 Å². The topological polar surface area (TPSA) is 46.2 Å². The Morgan fingerprint density at radius 3 is 2.25 bits per heavy atom. The molecule has 0 fully saturated rings. The zero-order valence-corrected chi connectivity index (χ0v) is 10.8. The fraction of sp³-hybridized carbons (Fsp3) is 0. The van der Waals surface area contributed by atoms with Crippen molar-refractivity contribution >= 4 is 33.4 Å². The average Bonchev–Trinajstić information content (AvgIpc) is 2.27. The van der Waals surface area contributed by atoms with Crippen molar-refractivity contribution in [3.63, 3.8) is 0 Å². The first kappa shape index (κ1) is 11.4. The van der Waals surface area contributed by atoms with Crippen LogP contribution in [0.3, 0.4) is 0 Å². The predicted molar refractivity (Wildman–Crippen MR) is 70.8 cm³/mol. The van der Waals surface area contributed by atoms with E-state index in [1.54, 1.807) is 23.9 Å². The molecule has 0 bridgehead atoms. The normalized spacial score (nSPS) is 10.3. The van der Waals surface area contributed by atoms with Gasteiger partial charge in [-0.2, -0.15) is 0 Å². The van der Waals surface area contributed by atoms with Crippen LogP contribution in [-0.2, 0) is 0 Å². The molecule has 82 valence electrons. The van der Waals surface area contributed by atoms with Crippen molar-refractivity contribution in [2.45, 2.75) is 9.79 Å². The summed E-state index contributed by atoms with van der Waals surface area (Å²) >= 11 is 5.00. The number of rotatable bonds is 2. The Balaban J connectivity index is 2.20. The highest BCUT2D eigenvalue weighted by molar-refractivity contribution is 9.10. The molecule has 0 saturated heterocycles. The molecule has 0 aliphatic heterocycles. The Bertz CT molecular complexity index is 499. The second-order valence-electron chi connectivity index (χ2n) is 3.28. The lowest BCUT2D eigenvalue weighted by Crippen LogP contribution is -1.85. The number of phenols is 1. The molecule has 0 amide bonds. The third-order valence-electron chi connectivity index (χ3n) is 2.05. The van der Waals surface area contributed by atoms with Crippen molar-refractivity contribution in [2.24, 2.45) is 0 Å². The van der Waals surface area contributed by atoms with Gasteiger partial charge in [0.2, 0.25) is 0 Å². The number of anilines is 1. The molecule has 0 aliphatic carbocycles. The van der Waals surface area contributed by atoms with Gasteiger partial charge in [-0.25, -0.2) is 0 Å². The minimum absolute atomic E-state index is 0.125. The predicted octanol–water partition coefficient (Wildman–Crippen LogP) is 3.89. The van der Waals surface area contributed by atoms with Gasteiger partial charge < -0.3 is 10.8 Å². The first-order valence-electron chi connectivity index (χ1n) is 4.67. The van der Waals surface area contributed by atoms with Gasteiger partial charge in [0.05, 0.1) is 5.69 Å². The van der Waals surface area contributed by atoms with Gasteiger partial charge in [-0.15, -0.1) is 0 Å². The van der Waals surface area contributed by atoms with Crippen molar-refractivity contribution in [2.75, 3.05) is 5.73 Å². The van der Waals surface area contributed by atoms with Crippen LogP contribution in [0.4, 0.5) is 5.69 Å². The molecule has 4 heteroatoms. The summed E-state index contributed by atoms with van der Waals surface area (Å²) in [7, 11) is 0. The Morgan fingerprint density at radius 2 is 1.62 bits per heavy atom. The number of halogens is 1. The van der Waals surface area contributed by atoms with E-state index in [1.165, 1.54) is 0 Å². The molecule has 2 aromatic rings. The highest BCUT2D eigenvalue weighted by Crippen LogP contribution is 2.32. The lowest BCUT2D eigenvalue weighted by molar-refractivity contribution is 0.477. The van der Waals surface area contributed by atoms with Crippen LogP contribution in [0, 0.1) is 0 Å². The molecule has 0 spiro atoms. The van der Waals surface area contributed by atoms with Crippen LogP contribution < -0.4 is 5.73 Å². The summed E-state index contributed by atoms with van der Waals surface area (Å²) in [6.45, 7) is 0. The van der Waals surface area contributed by atoms with E-state index in [1.807, 2.05) is 30.3 Å². The minimum atomic E-state index is 0.125. The maximum atomic E-state index is 9.31. The van der Waals surface area contributed by atoms with Gasteiger partial charge in [0.1, 0.15) is 5.75 Å². The number of nitrogen functional groups attached to an aromatic ring is 1. The van der Waals surface area contributed by atoms with E-state index in [0.717, 1.165) is 14.3 Å². The maximum Gasteiger partial charge on any atom is 0.138 e. The van der Waals surface area contributed by atoms with Crippen LogP contribution in [-0.4, -0.2) is 5.11 Å². The standard InChI is InChI=1S/C12H10BrNOS/c13-8-1-3-9(4-2-8)16-10-5-6-12(15)11(14)7-10/h1-7,15H,14H2. The van der Waals surface area contributed by atoms with E-state index in [2.05, 4.69) is 15.9 Å². The molecule has 0 unspecified atom stereocenters. The molecule has 0 heterocycles. The highest BCUT2D eigenvalue weighted by Gasteiger charge is 2.01. The third kappa shape index (κ3) is 2.71. The van der Waals surface area contributed by atoms with Crippen molar-refractivity contribution in [1.82, 2.24) is 0 Å². The summed E-state index contributed by atoms with van der Waals surface area (Å²) in [5, 5.41) is 9.31. The van der Waals surface area contributed by atoms with Gasteiger partial charge in [-0.1, -0.05) is 27.7 Å². The zero-order valence-electron chi connectivity index (χ0n) is 8.35. The van der Waals surface area contributed by atoms with E-state index in [4.69, 9.17) is 5.73 Å². The van der Waals surface area contributed by atoms with Crippen LogP contribution in [0.1, 0.15) is 0 Å². The van der Waals surface area contributed by atoms with Gasteiger partial charge in [-0.05, 0) is 42.5 Å². The Labute approximate surface area is 107 Å². The monoisotopic (exact) mass is 295 g/mol. The molecule has 0 aromatic heterocycles. The summed E-state index contributed by atoms with van der Waals surface area (Å²) < 4.78 is 1.06. The second-order valence-corrected chi connectivity index (χ2v) is 5.34. The molecule has 0 atom stereocenters. The van der Waals surface area contributed by atoms with Crippen molar-refractivity contribution < 1.29 is 5.11 Å². The second kappa shape index (κ2) is 4.80. The molecule has 2 rings (SSSR count). The Hall–Kier alpha value is -1.13. The van der Waals surface area contributed by atoms with E-state index in [9.17, 15) is 5.11 Å². The number of hydrogen-bond acceptors (Lipinski definition) is 3. The molecule has 2 aromatic carbocycles. The molecule has 16 heavy (non-hydrogen) atoms. The largest absolute Gasteiger partial charge is 0.506 e. The molecular weight excluding hydrogens is 286 g/mol. The first-order chi connectivity index (χ1) is 7.65. The number of hydrogen-bond donors (Lipinski definition) is 2. The fourth-order valence-corrected chi connectivity index (χ4v) is 2.37. The van der Waals surface area contributed by atoms with Crippen molar-refractivity contribution in [3.8, 4) is 5.75 Å². The van der Waals surface area contributed by atoms with Crippen LogP contribution in [0.25, 0.3) is 0 Å². The molecule has 0 saturated carbocycles. The van der Waals surface area contributed by atoms with Crippen LogP contribution in [0.2, 0.25) is 0 Å². The van der Waals surface area contributed by atoms with E-state index < -0.39 is 0 Å². The van der Waals surface area contributed by atoms with Gasteiger partial charge in [0.15, 0.2) is 0 Å². The summed E-state index contributed by atoms with van der Waals surface area (Å²) in [5.74, 6) is 0.125. The Kier molecular flexibility index (Phi) is 3.41. The van der Waals surface area contributed by atoms with Crippen molar-refractivity contribution in [1.29, 1.82) is 0 Å². The average molecular weight is 296 g/mol.